The van der Waals surface area contributed by atoms with Crippen LogP contribution in [0, 0.1) is 0 Å². The van der Waals surface area contributed by atoms with Gasteiger partial charge in [-0.1, -0.05) is 0 Å². The van der Waals surface area contributed by atoms with E-state index in [2.05, 4.69) is 5.32 Å². The molecule has 1 aromatic rings. The van der Waals surface area contributed by atoms with E-state index in [0.717, 1.165) is 18.5 Å². The van der Waals surface area contributed by atoms with Crippen molar-refractivity contribution >= 4 is 22.9 Å². The van der Waals surface area contributed by atoms with E-state index in [-0.39, 0.29) is 5.91 Å². The highest BCUT2D eigenvalue weighted by Crippen LogP contribution is 2.12. The average molecular weight is 198 g/mol. The van der Waals surface area contributed by atoms with Gasteiger partial charge in [-0.2, -0.15) is 11.3 Å². The molecular formula is C9H14N2OS. The van der Waals surface area contributed by atoms with Gasteiger partial charge in [0.2, 0.25) is 5.91 Å². The molecule has 1 amide bonds. The third kappa shape index (κ3) is 4.05. The fraction of sp³-hybridized carbons (Fsp3) is 0.444. The molecule has 3 nitrogen and oxygen atoms in total. The second-order valence-electron chi connectivity index (χ2n) is 2.81. The van der Waals surface area contributed by atoms with Gasteiger partial charge in [0, 0.05) is 11.8 Å². The number of rotatable bonds is 5. The van der Waals surface area contributed by atoms with Crippen molar-refractivity contribution in [2.24, 2.45) is 5.73 Å². The highest BCUT2D eigenvalue weighted by atomic mass is 32.1. The van der Waals surface area contributed by atoms with Crippen LogP contribution >= 0.6 is 11.3 Å². The molecule has 3 N–H and O–H groups in total. The van der Waals surface area contributed by atoms with Crippen LogP contribution in [0.3, 0.4) is 0 Å². The van der Waals surface area contributed by atoms with Gasteiger partial charge in [0.25, 0.3) is 0 Å². The van der Waals surface area contributed by atoms with Crippen molar-refractivity contribution in [1.82, 2.24) is 0 Å². The Balaban J connectivity index is 2.18. The Kier molecular flexibility index (Phi) is 4.49. The molecule has 13 heavy (non-hydrogen) atoms. The smallest absolute Gasteiger partial charge is 0.224 e. The van der Waals surface area contributed by atoms with Crippen LogP contribution in [0.1, 0.15) is 19.3 Å². The molecule has 0 atom stereocenters. The maximum absolute atomic E-state index is 11.2. The Bertz CT molecular complexity index is 246. The van der Waals surface area contributed by atoms with Crippen molar-refractivity contribution in [3.05, 3.63) is 16.8 Å². The molecule has 0 aliphatic rings. The van der Waals surface area contributed by atoms with Crippen LogP contribution in [-0.2, 0) is 4.79 Å². The van der Waals surface area contributed by atoms with Crippen molar-refractivity contribution in [3.8, 4) is 0 Å². The summed E-state index contributed by atoms with van der Waals surface area (Å²) in [6.07, 6.45) is 2.34. The van der Waals surface area contributed by atoms with Crippen LogP contribution in [0.4, 0.5) is 5.69 Å². The first kappa shape index (κ1) is 10.2. The van der Waals surface area contributed by atoms with Gasteiger partial charge in [-0.05, 0) is 30.8 Å². The first-order valence-corrected chi connectivity index (χ1v) is 5.29. The van der Waals surface area contributed by atoms with Gasteiger partial charge in [0.05, 0.1) is 5.69 Å². The van der Waals surface area contributed by atoms with Gasteiger partial charge in [-0.3, -0.25) is 4.79 Å². The van der Waals surface area contributed by atoms with Gasteiger partial charge in [-0.15, -0.1) is 0 Å². The van der Waals surface area contributed by atoms with E-state index in [0.29, 0.717) is 13.0 Å². The van der Waals surface area contributed by atoms with E-state index < -0.39 is 0 Å². The topological polar surface area (TPSA) is 55.1 Å². The highest BCUT2D eigenvalue weighted by molar-refractivity contribution is 7.08. The van der Waals surface area contributed by atoms with Gasteiger partial charge < -0.3 is 11.1 Å². The molecule has 0 saturated carbocycles. The van der Waals surface area contributed by atoms with Gasteiger partial charge in [-0.25, -0.2) is 0 Å². The number of thiophene rings is 1. The predicted molar refractivity (Wildman–Crippen MR) is 55.9 cm³/mol. The van der Waals surface area contributed by atoms with Crippen LogP contribution in [0.5, 0.6) is 0 Å². The third-order valence-electron chi connectivity index (χ3n) is 1.66. The molecule has 0 aliphatic carbocycles. The lowest BCUT2D eigenvalue weighted by molar-refractivity contribution is -0.116. The third-order valence-corrected chi connectivity index (χ3v) is 2.35. The molecule has 1 aromatic heterocycles. The molecule has 0 aromatic carbocycles. The number of unbranched alkanes of at least 4 members (excludes halogenated alkanes) is 1. The second-order valence-corrected chi connectivity index (χ2v) is 3.59. The maximum Gasteiger partial charge on any atom is 0.224 e. The van der Waals surface area contributed by atoms with Crippen molar-refractivity contribution in [2.75, 3.05) is 11.9 Å². The zero-order valence-electron chi connectivity index (χ0n) is 7.45. The summed E-state index contributed by atoms with van der Waals surface area (Å²) >= 11 is 1.58. The summed E-state index contributed by atoms with van der Waals surface area (Å²) in [5.74, 6) is 0.0758. The Morgan fingerprint density at radius 2 is 2.38 bits per heavy atom. The fourth-order valence-electron chi connectivity index (χ4n) is 0.989. The maximum atomic E-state index is 11.2. The van der Waals surface area contributed by atoms with E-state index in [1.54, 1.807) is 11.3 Å². The Morgan fingerprint density at radius 3 is 3.00 bits per heavy atom. The average Bonchev–Trinajstić information content (AvgIpc) is 2.57. The zero-order valence-corrected chi connectivity index (χ0v) is 8.27. The molecule has 0 aliphatic heterocycles. The van der Waals surface area contributed by atoms with Crippen molar-refractivity contribution < 1.29 is 4.79 Å². The van der Waals surface area contributed by atoms with Crippen LogP contribution < -0.4 is 11.1 Å². The van der Waals surface area contributed by atoms with Crippen molar-refractivity contribution in [1.29, 1.82) is 0 Å². The molecule has 0 saturated heterocycles. The molecule has 0 bridgehead atoms. The minimum absolute atomic E-state index is 0.0758. The summed E-state index contributed by atoms with van der Waals surface area (Å²) in [7, 11) is 0. The van der Waals surface area contributed by atoms with Crippen LogP contribution in [0.25, 0.3) is 0 Å². The van der Waals surface area contributed by atoms with Crippen LogP contribution in [0.15, 0.2) is 16.8 Å². The second kappa shape index (κ2) is 5.72. The van der Waals surface area contributed by atoms with Gasteiger partial charge in [0.15, 0.2) is 0 Å². The number of carbonyl (C=O) groups excluding carboxylic acids is 1. The van der Waals surface area contributed by atoms with E-state index in [1.165, 1.54) is 0 Å². The number of nitrogens with two attached hydrogens (primary N) is 1. The lowest BCUT2D eigenvalue weighted by Gasteiger charge is -2.01. The highest BCUT2D eigenvalue weighted by Gasteiger charge is 2.00. The Labute approximate surface area is 81.9 Å². The van der Waals surface area contributed by atoms with Crippen molar-refractivity contribution in [3.63, 3.8) is 0 Å². The van der Waals surface area contributed by atoms with Crippen LogP contribution in [-0.4, -0.2) is 12.5 Å². The first-order valence-electron chi connectivity index (χ1n) is 4.35. The van der Waals surface area contributed by atoms with Crippen molar-refractivity contribution in [2.45, 2.75) is 19.3 Å². The molecule has 1 rings (SSSR count). The fourth-order valence-corrected chi connectivity index (χ4v) is 1.58. The summed E-state index contributed by atoms with van der Waals surface area (Å²) in [6, 6.07) is 1.89. The van der Waals surface area contributed by atoms with E-state index in [4.69, 9.17) is 5.73 Å². The monoisotopic (exact) mass is 198 g/mol. The Hall–Kier alpha value is -0.870. The minimum Gasteiger partial charge on any atom is -0.330 e. The number of amides is 1. The van der Waals surface area contributed by atoms with E-state index >= 15 is 0 Å². The summed E-state index contributed by atoms with van der Waals surface area (Å²) < 4.78 is 0. The number of hydrogen-bond donors (Lipinski definition) is 2. The molecule has 0 spiro atoms. The van der Waals surface area contributed by atoms with Gasteiger partial charge in [0.1, 0.15) is 0 Å². The van der Waals surface area contributed by atoms with Crippen LogP contribution in [0.2, 0.25) is 0 Å². The Morgan fingerprint density at radius 1 is 1.54 bits per heavy atom. The lowest BCUT2D eigenvalue weighted by Crippen LogP contribution is -2.11. The number of hydrogen-bond acceptors (Lipinski definition) is 3. The minimum atomic E-state index is 0.0758. The lowest BCUT2D eigenvalue weighted by atomic mass is 10.2. The number of carbonyl (C=O) groups is 1. The molecule has 72 valence electrons. The number of anilines is 1. The van der Waals surface area contributed by atoms with Gasteiger partial charge >= 0.3 is 0 Å². The standard InChI is InChI=1S/C9H14N2OS/c10-5-2-1-3-9(12)11-8-4-6-13-7-8/h4,6-7H,1-3,5,10H2,(H,11,12). The summed E-state index contributed by atoms with van der Waals surface area (Å²) in [4.78, 5) is 11.2. The summed E-state index contributed by atoms with van der Waals surface area (Å²) in [5, 5.41) is 6.67. The zero-order chi connectivity index (χ0) is 9.52. The van der Waals surface area contributed by atoms with E-state index in [9.17, 15) is 4.79 Å². The molecular weight excluding hydrogens is 184 g/mol. The molecule has 1 heterocycles. The molecule has 4 heteroatoms. The van der Waals surface area contributed by atoms with E-state index in [1.807, 2.05) is 16.8 Å². The first-order chi connectivity index (χ1) is 6.33. The normalized spacial score (nSPS) is 9.92. The largest absolute Gasteiger partial charge is 0.330 e. The summed E-state index contributed by atoms with van der Waals surface area (Å²) in [6.45, 7) is 0.658. The quantitative estimate of drug-likeness (QED) is 0.709. The number of nitrogens with one attached hydrogen (secondary N) is 1. The molecule has 0 unspecified atom stereocenters. The molecule has 0 radical (unpaired) electrons. The SMILES string of the molecule is NCCCCC(=O)Nc1ccsc1. The molecule has 0 fully saturated rings. The predicted octanol–water partition coefficient (Wildman–Crippen LogP) is 1.82. The summed E-state index contributed by atoms with van der Waals surface area (Å²) in [5.41, 5.74) is 6.21.